The molecule has 0 aliphatic carbocycles. The van der Waals surface area contributed by atoms with Crippen LogP contribution in [0.1, 0.15) is 16.5 Å². The van der Waals surface area contributed by atoms with Crippen molar-refractivity contribution in [3.63, 3.8) is 0 Å². The third kappa shape index (κ3) is 2.54. The molecule has 2 nitrogen and oxygen atoms in total. The Morgan fingerprint density at radius 2 is 1.86 bits per heavy atom. The van der Waals surface area contributed by atoms with E-state index in [2.05, 4.69) is 5.32 Å². The Bertz CT molecular complexity index is 729. The average Bonchev–Trinajstić information content (AvgIpc) is 3.03. The second-order valence-corrected chi connectivity index (χ2v) is 6.59. The molecular formula is C15H13F2NOS2. The summed E-state index contributed by atoms with van der Waals surface area (Å²) in [5, 5.41) is 5.01. The Hall–Kier alpha value is -1.50. The summed E-state index contributed by atoms with van der Waals surface area (Å²) in [7, 11) is 3.08. The molecule has 0 bridgehead atoms. The molecule has 0 fully saturated rings. The zero-order valence-electron chi connectivity index (χ0n) is 11.4. The quantitative estimate of drug-likeness (QED) is 0.759. The number of hydrogen-bond acceptors (Lipinski definition) is 4. The van der Waals surface area contributed by atoms with E-state index in [-0.39, 0.29) is 11.3 Å². The van der Waals surface area contributed by atoms with Crippen LogP contribution < -0.4 is 10.1 Å². The van der Waals surface area contributed by atoms with Crippen LogP contribution in [-0.2, 0) is 0 Å². The van der Waals surface area contributed by atoms with Crippen molar-refractivity contribution in [1.82, 2.24) is 5.32 Å². The molecule has 2 aromatic heterocycles. The molecule has 0 radical (unpaired) electrons. The maximum Gasteiger partial charge on any atom is 0.134 e. The number of ether oxygens (including phenoxy) is 1. The summed E-state index contributed by atoms with van der Waals surface area (Å²) >= 11 is 3.16. The van der Waals surface area contributed by atoms with E-state index >= 15 is 0 Å². The van der Waals surface area contributed by atoms with Crippen LogP contribution in [0.15, 0.2) is 29.6 Å². The lowest BCUT2D eigenvalue weighted by atomic mass is 10.0. The molecule has 0 spiro atoms. The van der Waals surface area contributed by atoms with Crippen molar-refractivity contribution in [2.75, 3.05) is 14.2 Å². The van der Waals surface area contributed by atoms with E-state index in [4.69, 9.17) is 4.74 Å². The third-order valence-corrected chi connectivity index (χ3v) is 5.47. The molecule has 21 heavy (non-hydrogen) atoms. The molecule has 0 aliphatic heterocycles. The van der Waals surface area contributed by atoms with Gasteiger partial charge in [-0.2, -0.15) is 0 Å². The number of thiophene rings is 2. The summed E-state index contributed by atoms with van der Waals surface area (Å²) in [5.41, 5.74) is 0.0206. The first-order chi connectivity index (χ1) is 10.1. The normalized spacial score (nSPS) is 12.8. The lowest BCUT2D eigenvalue weighted by molar-refractivity contribution is 0.403. The van der Waals surface area contributed by atoms with Crippen molar-refractivity contribution in [3.05, 3.63) is 51.7 Å². The number of hydrogen-bond donors (Lipinski definition) is 1. The summed E-state index contributed by atoms with van der Waals surface area (Å²) in [6.07, 6.45) is 0. The maximum absolute atomic E-state index is 14.2. The Labute approximate surface area is 129 Å². The van der Waals surface area contributed by atoms with Crippen LogP contribution in [0.3, 0.4) is 0 Å². The number of rotatable bonds is 4. The fraction of sp³-hybridized carbons (Fsp3) is 0.200. The van der Waals surface area contributed by atoms with Gasteiger partial charge in [-0.15, -0.1) is 22.7 Å². The molecule has 1 atom stereocenters. The fourth-order valence-corrected chi connectivity index (χ4v) is 4.55. The molecule has 0 aliphatic rings. The van der Waals surface area contributed by atoms with Gasteiger partial charge >= 0.3 is 0 Å². The van der Waals surface area contributed by atoms with E-state index < -0.39 is 17.7 Å². The van der Waals surface area contributed by atoms with Gasteiger partial charge < -0.3 is 10.1 Å². The maximum atomic E-state index is 14.2. The minimum Gasteiger partial charge on any atom is -0.497 e. The molecule has 6 heteroatoms. The van der Waals surface area contributed by atoms with Gasteiger partial charge in [0.2, 0.25) is 0 Å². The van der Waals surface area contributed by atoms with Crippen LogP contribution in [-0.4, -0.2) is 14.2 Å². The van der Waals surface area contributed by atoms with Gasteiger partial charge in [0.1, 0.15) is 17.4 Å². The van der Waals surface area contributed by atoms with Crippen molar-refractivity contribution in [2.24, 2.45) is 0 Å². The second kappa shape index (κ2) is 5.71. The summed E-state index contributed by atoms with van der Waals surface area (Å²) in [6.45, 7) is 0. The molecule has 3 rings (SSSR count). The smallest absolute Gasteiger partial charge is 0.134 e. The van der Waals surface area contributed by atoms with Gasteiger partial charge in [-0.25, -0.2) is 8.78 Å². The van der Waals surface area contributed by atoms with E-state index in [1.54, 1.807) is 29.7 Å². The molecule has 2 heterocycles. The van der Waals surface area contributed by atoms with Gasteiger partial charge in [0.25, 0.3) is 0 Å². The number of nitrogens with one attached hydrogen (secondary N) is 1. The molecule has 3 aromatic rings. The highest BCUT2D eigenvalue weighted by atomic mass is 32.1. The number of halogens is 2. The van der Waals surface area contributed by atoms with E-state index in [1.807, 2.05) is 17.5 Å². The van der Waals surface area contributed by atoms with Gasteiger partial charge in [0.05, 0.1) is 13.2 Å². The zero-order chi connectivity index (χ0) is 15.0. The van der Waals surface area contributed by atoms with Crippen molar-refractivity contribution in [3.8, 4) is 5.75 Å². The monoisotopic (exact) mass is 325 g/mol. The predicted molar refractivity (Wildman–Crippen MR) is 83.5 cm³/mol. The summed E-state index contributed by atoms with van der Waals surface area (Å²) < 4.78 is 35.6. The summed E-state index contributed by atoms with van der Waals surface area (Å²) in [5.74, 6) is -1.04. The van der Waals surface area contributed by atoms with Gasteiger partial charge in [0.15, 0.2) is 0 Å². The van der Waals surface area contributed by atoms with E-state index in [9.17, 15) is 8.78 Å². The van der Waals surface area contributed by atoms with Gasteiger partial charge in [0, 0.05) is 32.0 Å². The van der Waals surface area contributed by atoms with Crippen LogP contribution in [0, 0.1) is 11.6 Å². The Kier molecular flexibility index (Phi) is 3.93. The largest absolute Gasteiger partial charge is 0.497 e. The van der Waals surface area contributed by atoms with E-state index in [0.717, 1.165) is 14.3 Å². The van der Waals surface area contributed by atoms with Gasteiger partial charge in [-0.05, 0) is 24.6 Å². The molecule has 1 unspecified atom stereocenters. The average molecular weight is 325 g/mol. The van der Waals surface area contributed by atoms with Crippen LogP contribution in [0.5, 0.6) is 5.75 Å². The number of benzene rings is 1. The fourth-order valence-electron chi connectivity index (χ4n) is 2.31. The van der Waals surface area contributed by atoms with Crippen molar-refractivity contribution < 1.29 is 13.5 Å². The van der Waals surface area contributed by atoms with Gasteiger partial charge in [-0.3, -0.25) is 0 Å². The van der Waals surface area contributed by atoms with Crippen molar-refractivity contribution in [2.45, 2.75) is 6.04 Å². The minimum absolute atomic E-state index is 0.0206. The summed E-state index contributed by atoms with van der Waals surface area (Å²) in [6, 6.07) is 5.90. The van der Waals surface area contributed by atoms with E-state index in [0.29, 0.717) is 0 Å². The number of fused-ring (bicyclic) bond motifs is 1. The molecule has 0 saturated carbocycles. The molecule has 0 saturated heterocycles. The summed E-state index contributed by atoms with van der Waals surface area (Å²) in [4.78, 5) is 0.891. The van der Waals surface area contributed by atoms with Crippen LogP contribution in [0.25, 0.3) is 9.40 Å². The Morgan fingerprint density at radius 1 is 1.14 bits per heavy atom. The molecule has 110 valence electrons. The lowest BCUT2D eigenvalue weighted by Crippen LogP contribution is -2.19. The van der Waals surface area contributed by atoms with E-state index in [1.165, 1.54) is 19.2 Å². The topological polar surface area (TPSA) is 21.3 Å². The molecule has 1 N–H and O–H groups in total. The Morgan fingerprint density at radius 3 is 2.43 bits per heavy atom. The standard InChI is InChI=1S/C15H13F2NOS2/c1-18-15(13-7-12-11(21-13)3-4-20-12)14-9(16)5-8(19-2)6-10(14)17/h3-7,15,18H,1-2H3. The highest BCUT2D eigenvalue weighted by Crippen LogP contribution is 2.37. The van der Waals surface area contributed by atoms with Gasteiger partial charge in [-0.1, -0.05) is 0 Å². The zero-order valence-corrected chi connectivity index (χ0v) is 13.1. The molecule has 1 aromatic carbocycles. The first kappa shape index (κ1) is 14.4. The van der Waals surface area contributed by atoms with Crippen LogP contribution in [0.2, 0.25) is 0 Å². The van der Waals surface area contributed by atoms with Crippen molar-refractivity contribution >= 4 is 32.1 Å². The van der Waals surface area contributed by atoms with Crippen LogP contribution >= 0.6 is 22.7 Å². The minimum atomic E-state index is -0.608. The second-order valence-electron chi connectivity index (χ2n) is 4.52. The first-order valence-electron chi connectivity index (χ1n) is 6.31. The van der Waals surface area contributed by atoms with Crippen LogP contribution in [0.4, 0.5) is 8.78 Å². The highest BCUT2D eigenvalue weighted by molar-refractivity contribution is 7.27. The van der Waals surface area contributed by atoms with Crippen molar-refractivity contribution in [1.29, 1.82) is 0 Å². The SMILES string of the molecule is CNC(c1cc2sccc2s1)c1c(F)cc(OC)cc1F. The third-order valence-electron chi connectivity index (χ3n) is 3.31. The predicted octanol–water partition coefficient (Wildman–Crippen LogP) is 4.56. The highest BCUT2D eigenvalue weighted by Gasteiger charge is 2.23. The first-order valence-corrected chi connectivity index (χ1v) is 8.00. The molecular weight excluding hydrogens is 312 g/mol. The molecule has 0 amide bonds. The Balaban J connectivity index is 2.09. The number of methoxy groups -OCH3 is 1. The lowest BCUT2D eigenvalue weighted by Gasteiger charge is -2.17.